The number of alkyl carbamates (subject to hydrolysis) is 1. The second-order valence-corrected chi connectivity index (χ2v) is 19.6. The third-order valence-electron chi connectivity index (χ3n) is 11.6. The van der Waals surface area contributed by atoms with Crippen molar-refractivity contribution in [3.63, 3.8) is 0 Å². The maximum absolute atomic E-state index is 13.6. The van der Waals surface area contributed by atoms with Gasteiger partial charge in [0.05, 0.1) is 43.0 Å². The first kappa shape index (κ1) is 62.1. The average molecular weight is 1080 g/mol. The van der Waals surface area contributed by atoms with Gasteiger partial charge in [0.1, 0.15) is 36.1 Å². The fourth-order valence-electron chi connectivity index (χ4n) is 7.73. The number of rotatable bonds is 31. The highest BCUT2D eigenvalue weighted by Crippen LogP contribution is 2.24. The molecule has 0 aliphatic heterocycles. The number of ether oxygens (including phenoxy) is 3. The molecule has 3 atom stereocenters. The van der Waals surface area contributed by atoms with E-state index in [-0.39, 0.29) is 37.5 Å². The number of amides is 6. The molecular weight excluding hydrogens is 1000 g/mol. The Balaban J connectivity index is 1.22. The quantitative estimate of drug-likeness (QED) is 0.0101. The predicted molar refractivity (Wildman–Crippen MR) is 293 cm³/mol. The van der Waals surface area contributed by atoms with Crippen LogP contribution in [0.4, 0.5) is 27.5 Å². The van der Waals surface area contributed by atoms with Gasteiger partial charge in [0.25, 0.3) is 5.69 Å². The van der Waals surface area contributed by atoms with Gasteiger partial charge in [0, 0.05) is 50.2 Å². The van der Waals surface area contributed by atoms with Crippen LogP contribution in [0.1, 0.15) is 84.8 Å². The summed E-state index contributed by atoms with van der Waals surface area (Å²) in [5.74, 6) is -2.98. The standard InChI is InChI=1S/C56H74N10O12/c1-8-65(43-24-20-41(21-25-43)63-64-42-22-26-44(27-23-42)66(74)75)31-32-77-55(73)57-30-14-10-13-17-49(67)60-46(35-40-18-28-45(29-19-40)78-56(4,5)6)52(70)59-36-50(68)58-37-51(69)61-47(34-39-15-11-9-12-16-39)53(71)62-48(33-38(2)3)54(72)76-7/h9,11-12,15-16,18-29,38,46-48H,8,10,13-14,17,30-37H2,1-7H3,(H,57,73)(H,58,68)(H,59,70)(H,60,67)(H,61,69)(H,62,71)/t46-,47-,48-/m0/s1. The molecule has 6 N–H and O–H groups in total. The Kier molecular flexibility index (Phi) is 25.7. The highest BCUT2D eigenvalue weighted by atomic mass is 16.6. The van der Waals surface area contributed by atoms with Crippen LogP contribution in [-0.4, -0.2) is 117 Å². The highest BCUT2D eigenvalue weighted by molar-refractivity contribution is 5.94. The summed E-state index contributed by atoms with van der Waals surface area (Å²) in [5.41, 5.74) is 2.95. The summed E-state index contributed by atoms with van der Waals surface area (Å²) >= 11 is 0. The molecule has 22 nitrogen and oxygen atoms in total. The minimum absolute atomic E-state index is 0.0322. The largest absolute Gasteiger partial charge is 0.488 e. The maximum atomic E-state index is 13.6. The average Bonchev–Trinajstić information content (AvgIpc) is 3.41. The van der Waals surface area contributed by atoms with E-state index in [9.17, 15) is 43.7 Å². The van der Waals surface area contributed by atoms with Crippen molar-refractivity contribution in [1.29, 1.82) is 0 Å². The summed E-state index contributed by atoms with van der Waals surface area (Å²) in [6.07, 6.45) is 1.62. The second kappa shape index (κ2) is 32.2. The molecule has 420 valence electrons. The van der Waals surface area contributed by atoms with E-state index in [0.29, 0.717) is 68.0 Å². The number of nitro groups is 1. The summed E-state index contributed by atoms with van der Waals surface area (Å²) < 4.78 is 16.2. The number of likely N-dealkylation sites (N-methyl/N-ethyl adjacent to an activating group) is 1. The van der Waals surface area contributed by atoms with Crippen LogP contribution in [0.5, 0.6) is 5.75 Å². The monoisotopic (exact) mass is 1080 g/mol. The van der Waals surface area contributed by atoms with Crippen molar-refractivity contribution >= 4 is 64.3 Å². The topological polar surface area (TPSA) is 290 Å². The third-order valence-corrected chi connectivity index (χ3v) is 11.6. The number of carbonyl (C=O) groups excluding carboxylic acids is 7. The van der Waals surface area contributed by atoms with Crippen molar-refractivity contribution in [3.05, 3.63) is 124 Å². The molecule has 0 saturated heterocycles. The number of hydrogen-bond donors (Lipinski definition) is 6. The number of carbonyl (C=O) groups is 7. The van der Waals surface area contributed by atoms with Crippen LogP contribution in [0.2, 0.25) is 0 Å². The molecule has 0 fully saturated rings. The molecule has 0 unspecified atom stereocenters. The first-order valence-corrected chi connectivity index (χ1v) is 26.0. The first-order chi connectivity index (χ1) is 37.2. The van der Waals surface area contributed by atoms with Crippen LogP contribution in [0.15, 0.2) is 113 Å². The minimum Gasteiger partial charge on any atom is -0.488 e. The van der Waals surface area contributed by atoms with Gasteiger partial charge in [-0.15, -0.1) is 0 Å². The lowest BCUT2D eigenvalue weighted by atomic mass is 10.0. The van der Waals surface area contributed by atoms with Gasteiger partial charge >= 0.3 is 12.1 Å². The molecule has 6 amide bonds. The molecule has 22 heteroatoms. The van der Waals surface area contributed by atoms with Gasteiger partial charge in [-0.25, -0.2) is 9.59 Å². The second-order valence-electron chi connectivity index (χ2n) is 19.6. The molecule has 0 aliphatic rings. The van der Waals surface area contributed by atoms with E-state index in [1.165, 1.54) is 31.4 Å². The van der Waals surface area contributed by atoms with Crippen LogP contribution < -0.4 is 41.5 Å². The van der Waals surface area contributed by atoms with Crippen LogP contribution in [0.3, 0.4) is 0 Å². The number of esters is 1. The molecule has 4 aromatic rings. The number of nitrogens with zero attached hydrogens (tertiary/aromatic N) is 4. The van der Waals surface area contributed by atoms with Crippen molar-refractivity contribution in [2.24, 2.45) is 16.1 Å². The van der Waals surface area contributed by atoms with E-state index in [4.69, 9.17) is 14.2 Å². The summed E-state index contributed by atoms with van der Waals surface area (Å²) in [5, 5.41) is 35.1. The van der Waals surface area contributed by atoms with E-state index in [1.807, 2.05) is 64.6 Å². The van der Waals surface area contributed by atoms with Gasteiger partial charge in [-0.3, -0.25) is 34.1 Å². The molecule has 0 bridgehead atoms. The number of benzene rings is 4. The zero-order chi connectivity index (χ0) is 57.0. The summed E-state index contributed by atoms with van der Waals surface area (Å²) in [6, 6.07) is 26.0. The number of non-ortho nitro benzene ring substituents is 1. The zero-order valence-electron chi connectivity index (χ0n) is 45.5. The molecule has 0 aliphatic carbocycles. The Bertz CT molecular complexity index is 2610. The van der Waals surface area contributed by atoms with Crippen molar-refractivity contribution in [1.82, 2.24) is 31.9 Å². The van der Waals surface area contributed by atoms with Crippen LogP contribution in [-0.2, 0) is 51.1 Å². The van der Waals surface area contributed by atoms with E-state index >= 15 is 0 Å². The minimum atomic E-state index is -1.10. The smallest absolute Gasteiger partial charge is 0.407 e. The van der Waals surface area contributed by atoms with Crippen LogP contribution in [0.25, 0.3) is 0 Å². The maximum Gasteiger partial charge on any atom is 0.407 e. The molecule has 0 aromatic heterocycles. The van der Waals surface area contributed by atoms with Gasteiger partial charge in [-0.05, 0) is 113 Å². The molecular formula is C56H74N10O12. The molecule has 0 heterocycles. The van der Waals surface area contributed by atoms with E-state index < -0.39 is 83.3 Å². The number of azo groups is 1. The Morgan fingerprint density at radius 2 is 1.26 bits per heavy atom. The van der Waals surface area contributed by atoms with E-state index in [1.54, 1.807) is 60.7 Å². The SMILES string of the molecule is CCN(CCOC(=O)NCCCCCC(=O)N[C@@H](Cc1ccc(OC(C)(C)C)cc1)C(=O)NCC(=O)NCC(=O)N[C@@H](Cc1ccccc1)C(=O)N[C@@H](CC(C)C)C(=O)OC)c1ccc(N=Nc2ccc([N+](=O)[O-])cc2)cc1. The third kappa shape index (κ3) is 23.6. The number of anilines is 1. The van der Waals surface area contributed by atoms with Gasteiger partial charge in [0.15, 0.2) is 0 Å². The predicted octanol–water partition coefficient (Wildman–Crippen LogP) is 6.69. The van der Waals surface area contributed by atoms with Crippen molar-refractivity contribution in [2.45, 2.75) is 110 Å². The summed E-state index contributed by atoms with van der Waals surface area (Å²) in [6.45, 7) is 12.0. The molecule has 0 saturated carbocycles. The lowest BCUT2D eigenvalue weighted by molar-refractivity contribution is -0.384. The molecule has 4 aromatic carbocycles. The van der Waals surface area contributed by atoms with Crippen LogP contribution in [0, 0.1) is 16.0 Å². The highest BCUT2D eigenvalue weighted by Gasteiger charge is 2.29. The Hall–Kier alpha value is -8.43. The normalized spacial score (nSPS) is 12.3. The fourth-order valence-corrected chi connectivity index (χ4v) is 7.73. The zero-order valence-corrected chi connectivity index (χ0v) is 45.5. The fraction of sp³-hybridized carbons (Fsp3) is 0.446. The van der Waals surface area contributed by atoms with Crippen LogP contribution >= 0.6 is 0 Å². The molecule has 0 radical (unpaired) electrons. The molecule has 78 heavy (non-hydrogen) atoms. The lowest BCUT2D eigenvalue weighted by Gasteiger charge is -2.23. The first-order valence-electron chi connectivity index (χ1n) is 26.0. The van der Waals surface area contributed by atoms with Crippen molar-refractivity contribution < 1.29 is 52.7 Å². The van der Waals surface area contributed by atoms with E-state index in [0.717, 1.165) is 11.3 Å². The van der Waals surface area contributed by atoms with Crippen molar-refractivity contribution in [2.75, 3.05) is 51.3 Å². The Morgan fingerprint density at radius 3 is 1.85 bits per heavy atom. The van der Waals surface area contributed by atoms with E-state index in [2.05, 4.69) is 42.1 Å². The number of nitro benzene ring substituents is 1. The lowest BCUT2D eigenvalue weighted by Crippen LogP contribution is -2.54. The summed E-state index contributed by atoms with van der Waals surface area (Å²) in [7, 11) is 1.23. The van der Waals surface area contributed by atoms with Gasteiger partial charge < -0.3 is 51.0 Å². The molecule has 4 rings (SSSR count). The number of unbranched alkanes of at least 4 members (excludes halogenated alkanes) is 2. The Morgan fingerprint density at radius 1 is 0.667 bits per heavy atom. The Labute approximate surface area is 455 Å². The number of methoxy groups -OCH3 is 1. The van der Waals surface area contributed by atoms with Crippen molar-refractivity contribution in [3.8, 4) is 5.75 Å². The van der Waals surface area contributed by atoms with Gasteiger partial charge in [-0.1, -0.05) is 62.7 Å². The molecule has 0 spiro atoms. The van der Waals surface area contributed by atoms with Gasteiger partial charge in [-0.2, -0.15) is 10.2 Å². The summed E-state index contributed by atoms with van der Waals surface area (Å²) in [4.78, 5) is 104. The van der Waals surface area contributed by atoms with Gasteiger partial charge in [0.2, 0.25) is 29.5 Å². The number of hydrogen-bond acceptors (Lipinski definition) is 15. The number of nitrogens with one attached hydrogen (secondary N) is 6.